The molecule has 210 valence electrons. The van der Waals surface area contributed by atoms with E-state index in [1.165, 1.54) is 24.3 Å². The molecule has 4 rings (SSSR count). The molecule has 0 saturated carbocycles. The average Bonchev–Trinajstić information content (AvgIpc) is 3.37. The number of benzene rings is 2. The van der Waals surface area contributed by atoms with E-state index < -0.39 is 35.6 Å². The number of imide groups is 2. The van der Waals surface area contributed by atoms with Crippen LogP contribution >= 0.6 is 0 Å². The van der Waals surface area contributed by atoms with E-state index in [-0.39, 0.29) is 33.4 Å². The Morgan fingerprint density at radius 3 is 1.15 bits per heavy atom. The van der Waals surface area contributed by atoms with Crippen molar-refractivity contribution in [3.05, 3.63) is 68.8 Å². The fourth-order valence-electron chi connectivity index (χ4n) is 5.60. The van der Waals surface area contributed by atoms with Gasteiger partial charge in [-0.3, -0.25) is 29.8 Å². The Bertz CT molecular complexity index is 1290. The Morgan fingerprint density at radius 1 is 0.500 bits per heavy atom. The summed E-state index contributed by atoms with van der Waals surface area (Å²) in [5, 5.41) is 23.5. The third-order valence-corrected chi connectivity index (χ3v) is 7.59. The van der Waals surface area contributed by atoms with Crippen LogP contribution in [0.5, 0.6) is 0 Å². The highest BCUT2D eigenvalue weighted by atomic mass is 16.4. The zero-order valence-corrected chi connectivity index (χ0v) is 22.1. The van der Waals surface area contributed by atoms with E-state index in [0.29, 0.717) is 24.0 Å². The lowest BCUT2D eigenvalue weighted by molar-refractivity contribution is 0.0684. The summed E-state index contributed by atoms with van der Waals surface area (Å²) < 4.78 is 0. The van der Waals surface area contributed by atoms with Crippen LogP contribution in [-0.4, -0.2) is 45.8 Å². The molecule has 2 aromatic carbocycles. The van der Waals surface area contributed by atoms with Gasteiger partial charge in [0.25, 0.3) is 23.6 Å². The van der Waals surface area contributed by atoms with Crippen molar-refractivity contribution in [2.45, 2.75) is 77.0 Å². The highest BCUT2D eigenvalue weighted by Gasteiger charge is 2.33. The third-order valence-electron chi connectivity index (χ3n) is 7.59. The maximum Gasteiger partial charge on any atom is 0.335 e. The summed E-state index contributed by atoms with van der Waals surface area (Å²) in [7, 11) is 0. The molecule has 0 aliphatic carbocycles. The zero-order chi connectivity index (χ0) is 28.8. The molecular weight excluding hydrogens is 516 g/mol. The van der Waals surface area contributed by atoms with Gasteiger partial charge in [-0.1, -0.05) is 51.4 Å². The number of carboxylic acid groups (broad SMARTS) is 2. The van der Waals surface area contributed by atoms with Gasteiger partial charge in [0, 0.05) is 0 Å². The quantitative estimate of drug-likeness (QED) is 0.186. The maximum absolute atomic E-state index is 12.2. The highest BCUT2D eigenvalue weighted by molar-refractivity contribution is 6.23. The molecule has 0 atom stereocenters. The second-order valence-electron chi connectivity index (χ2n) is 10.2. The van der Waals surface area contributed by atoms with Gasteiger partial charge in [-0.05, 0) is 61.1 Å². The lowest BCUT2D eigenvalue weighted by Crippen LogP contribution is -2.20. The molecule has 0 aromatic heterocycles. The molecule has 0 spiro atoms. The molecular formula is C30H32N2O8. The van der Waals surface area contributed by atoms with Crippen LogP contribution in [0.25, 0.3) is 0 Å². The van der Waals surface area contributed by atoms with Crippen molar-refractivity contribution in [3.8, 4) is 0 Å². The van der Waals surface area contributed by atoms with E-state index >= 15 is 0 Å². The first kappa shape index (κ1) is 28.7. The van der Waals surface area contributed by atoms with Crippen molar-refractivity contribution in [3.63, 3.8) is 0 Å². The number of carbonyl (C=O) groups is 6. The molecule has 0 fully saturated rings. The molecule has 2 aromatic rings. The maximum atomic E-state index is 12.2. The van der Waals surface area contributed by atoms with Crippen LogP contribution < -0.4 is 10.6 Å². The molecule has 0 radical (unpaired) electrons. The normalized spacial score (nSPS) is 13.7. The number of fused-ring (bicyclic) bond motifs is 2. The number of rotatable bonds is 15. The van der Waals surface area contributed by atoms with Crippen molar-refractivity contribution in [2.24, 2.45) is 0 Å². The van der Waals surface area contributed by atoms with E-state index in [0.717, 1.165) is 64.2 Å². The van der Waals surface area contributed by atoms with Crippen LogP contribution in [0.1, 0.15) is 137 Å². The third kappa shape index (κ3) is 6.11. The minimum atomic E-state index is -1.11. The first-order chi connectivity index (χ1) is 19.2. The van der Waals surface area contributed by atoms with Crippen LogP contribution in [0.4, 0.5) is 0 Å². The second kappa shape index (κ2) is 12.7. The van der Waals surface area contributed by atoms with Gasteiger partial charge in [0.15, 0.2) is 0 Å². The SMILES string of the molecule is O=C(O)c1ccc2c(c1CCCCCCCCCCCCc1c(C(=O)O)ccc3c1C(=O)NC3=O)C(=O)NC2=O. The van der Waals surface area contributed by atoms with Crippen LogP contribution in [0.15, 0.2) is 24.3 Å². The molecule has 4 amide bonds. The first-order valence-electron chi connectivity index (χ1n) is 13.7. The molecule has 2 aliphatic heterocycles. The van der Waals surface area contributed by atoms with Crippen LogP contribution in [0.3, 0.4) is 0 Å². The summed E-state index contributed by atoms with van der Waals surface area (Å²) in [6.45, 7) is 0. The first-order valence-corrected chi connectivity index (χ1v) is 13.7. The van der Waals surface area contributed by atoms with Gasteiger partial charge in [0.1, 0.15) is 0 Å². The fourth-order valence-corrected chi connectivity index (χ4v) is 5.60. The number of nitrogens with one attached hydrogen (secondary N) is 2. The van der Waals surface area contributed by atoms with Gasteiger partial charge in [0.05, 0.1) is 33.4 Å². The minimum absolute atomic E-state index is 0.0659. The van der Waals surface area contributed by atoms with Gasteiger partial charge in [-0.2, -0.15) is 0 Å². The summed E-state index contributed by atoms with van der Waals surface area (Å²) in [6.07, 6.45) is 10.3. The van der Waals surface area contributed by atoms with Crippen molar-refractivity contribution in [2.75, 3.05) is 0 Å². The molecule has 2 aliphatic rings. The predicted molar refractivity (Wildman–Crippen MR) is 144 cm³/mol. The van der Waals surface area contributed by atoms with Crippen molar-refractivity contribution >= 4 is 35.6 Å². The van der Waals surface area contributed by atoms with Gasteiger partial charge >= 0.3 is 11.9 Å². The van der Waals surface area contributed by atoms with E-state index in [4.69, 9.17) is 0 Å². The number of carbonyl (C=O) groups excluding carboxylic acids is 4. The summed E-state index contributed by atoms with van der Waals surface area (Å²) >= 11 is 0. The molecule has 0 bridgehead atoms. The van der Waals surface area contributed by atoms with Gasteiger partial charge in [0.2, 0.25) is 0 Å². The summed E-state index contributed by atoms with van der Waals surface area (Å²) in [6, 6.07) is 5.57. The summed E-state index contributed by atoms with van der Waals surface area (Å²) in [4.78, 5) is 71.4. The van der Waals surface area contributed by atoms with Gasteiger partial charge in [-0.25, -0.2) is 9.59 Å². The van der Waals surface area contributed by atoms with Crippen LogP contribution in [-0.2, 0) is 12.8 Å². The van der Waals surface area contributed by atoms with E-state index in [9.17, 15) is 39.0 Å². The Morgan fingerprint density at radius 2 is 0.825 bits per heavy atom. The van der Waals surface area contributed by atoms with Crippen molar-refractivity contribution in [1.29, 1.82) is 0 Å². The van der Waals surface area contributed by atoms with E-state index in [1.807, 2.05) is 0 Å². The number of carboxylic acids is 2. The number of hydrogen-bond acceptors (Lipinski definition) is 6. The predicted octanol–water partition coefficient (Wildman–Crippen LogP) is 4.54. The Kier molecular flexibility index (Phi) is 9.08. The number of hydrogen-bond donors (Lipinski definition) is 4. The number of aromatic carboxylic acids is 2. The van der Waals surface area contributed by atoms with E-state index in [1.54, 1.807) is 0 Å². The lowest BCUT2D eigenvalue weighted by Gasteiger charge is -2.10. The number of unbranched alkanes of at least 4 members (excludes halogenated alkanes) is 9. The van der Waals surface area contributed by atoms with Crippen LogP contribution in [0, 0.1) is 0 Å². The largest absolute Gasteiger partial charge is 0.478 e. The lowest BCUT2D eigenvalue weighted by atomic mass is 9.92. The number of amides is 4. The minimum Gasteiger partial charge on any atom is -0.478 e. The monoisotopic (exact) mass is 548 g/mol. The second-order valence-corrected chi connectivity index (χ2v) is 10.2. The Labute approximate surface area is 231 Å². The zero-order valence-electron chi connectivity index (χ0n) is 22.1. The molecule has 4 N–H and O–H groups in total. The van der Waals surface area contributed by atoms with Gasteiger partial charge in [-0.15, -0.1) is 0 Å². The molecule has 0 unspecified atom stereocenters. The Hall–Kier alpha value is -4.34. The average molecular weight is 549 g/mol. The molecule has 2 heterocycles. The Balaban J connectivity index is 1.13. The molecule has 0 saturated heterocycles. The summed E-state index contributed by atoms with van der Waals surface area (Å²) in [5.74, 6) is -4.27. The van der Waals surface area contributed by atoms with E-state index in [2.05, 4.69) is 10.6 Å². The van der Waals surface area contributed by atoms with Crippen molar-refractivity contribution < 1.29 is 39.0 Å². The standard InChI is InChI=1S/C30H32N2O8/c33-25-21-15-13-19(29(37)38)17(23(21)27(35)31-25)11-9-7-5-3-1-2-4-6-8-10-12-18-20(30(39)40)14-16-22-24(18)28(36)32-26(22)34/h13-16H,1-12H2,(H,37,38)(H,39,40)(H,31,33,35)(H,32,34,36). The van der Waals surface area contributed by atoms with Crippen LogP contribution in [0.2, 0.25) is 0 Å². The molecule has 40 heavy (non-hydrogen) atoms. The molecule has 10 heteroatoms. The smallest absolute Gasteiger partial charge is 0.335 e. The fraction of sp³-hybridized carbons (Fsp3) is 0.400. The topological polar surface area (TPSA) is 167 Å². The molecule has 10 nitrogen and oxygen atoms in total. The highest BCUT2D eigenvalue weighted by Crippen LogP contribution is 2.27. The van der Waals surface area contributed by atoms with Gasteiger partial charge < -0.3 is 10.2 Å². The van der Waals surface area contributed by atoms with Crippen molar-refractivity contribution in [1.82, 2.24) is 10.6 Å². The summed E-state index contributed by atoms with van der Waals surface area (Å²) in [5.41, 5.74) is 1.84.